The van der Waals surface area contributed by atoms with E-state index in [1.165, 1.54) is 5.56 Å². The first-order valence-electron chi connectivity index (χ1n) is 17.3. The molecule has 1 spiro atoms. The Balaban J connectivity index is 1.65. The van der Waals surface area contributed by atoms with E-state index in [-0.39, 0.29) is 10.8 Å². The van der Waals surface area contributed by atoms with Crippen molar-refractivity contribution in [2.45, 2.75) is 111 Å². The second kappa shape index (κ2) is 12.5. The van der Waals surface area contributed by atoms with Gasteiger partial charge in [-0.15, -0.1) is 10.2 Å². The molecule has 256 valence electrons. The zero-order valence-electron chi connectivity index (χ0n) is 30.1. The van der Waals surface area contributed by atoms with Crippen LogP contribution in [0.25, 0.3) is 0 Å². The van der Waals surface area contributed by atoms with Crippen molar-refractivity contribution in [1.29, 1.82) is 0 Å². The molecule has 0 saturated heterocycles. The van der Waals surface area contributed by atoms with Gasteiger partial charge in [0.05, 0.1) is 17.1 Å². The highest BCUT2D eigenvalue weighted by atomic mass is 16.9. The molecule has 2 aliphatic rings. The normalized spacial score (nSPS) is 17.7. The van der Waals surface area contributed by atoms with Gasteiger partial charge in [-0.05, 0) is 71.9 Å². The third kappa shape index (κ3) is 5.77. The lowest BCUT2D eigenvalue weighted by Crippen LogP contribution is -2.48. The van der Waals surface area contributed by atoms with E-state index in [2.05, 4.69) is 90.5 Å². The van der Waals surface area contributed by atoms with Crippen LogP contribution in [0.1, 0.15) is 109 Å². The molecule has 1 atom stereocenters. The highest BCUT2D eigenvalue weighted by Gasteiger charge is 2.51. The number of nitrogens with one attached hydrogen (secondary N) is 2. The van der Waals surface area contributed by atoms with Crippen LogP contribution in [0.4, 0.5) is 22.7 Å². The summed E-state index contributed by atoms with van der Waals surface area (Å²) in [6, 6.07) is 12.3. The van der Waals surface area contributed by atoms with E-state index in [0.29, 0.717) is 40.9 Å². The summed E-state index contributed by atoms with van der Waals surface area (Å²) in [5, 5.41) is 19.4. The number of fused-ring (bicyclic) bond motifs is 5. The molecular weight excluding hydrogens is 604 g/mol. The summed E-state index contributed by atoms with van der Waals surface area (Å²) >= 11 is 0. The molecule has 0 amide bonds. The Morgan fingerprint density at radius 3 is 1.98 bits per heavy atom. The Labute approximate surface area is 284 Å². The molecule has 2 aliphatic heterocycles. The number of anilines is 2. The molecule has 4 heterocycles. The first kappa shape index (κ1) is 33.4. The summed E-state index contributed by atoms with van der Waals surface area (Å²) in [5.74, 6) is -0.479. The number of rotatable bonds is 8. The highest BCUT2D eigenvalue weighted by molar-refractivity contribution is 5.67. The molecule has 2 aromatic heterocycles. The van der Waals surface area contributed by atoms with Crippen molar-refractivity contribution < 1.29 is 14.2 Å². The maximum absolute atomic E-state index is 7.08. The predicted octanol–water partition coefficient (Wildman–Crippen LogP) is 9.26. The fourth-order valence-corrected chi connectivity index (χ4v) is 6.15. The lowest BCUT2D eigenvalue weighted by molar-refractivity contribution is -0.269. The van der Waals surface area contributed by atoms with Crippen LogP contribution in [0.3, 0.4) is 0 Å². The largest absolute Gasteiger partial charge is 0.468 e. The number of nitrogens with zero attached hydrogens (tertiary/aromatic N) is 6. The summed E-state index contributed by atoms with van der Waals surface area (Å²) in [6.07, 6.45) is 5.16. The number of hydrazine groups is 1. The molecule has 4 aromatic rings. The van der Waals surface area contributed by atoms with Crippen molar-refractivity contribution in [2.75, 3.05) is 10.9 Å². The molecule has 2 N–H and O–H groups in total. The number of aryl methyl sites for hydroxylation is 4. The molecule has 6 rings (SSSR count). The van der Waals surface area contributed by atoms with Crippen molar-refractivity contribution in [1.82, 2.24) is 19.6 Å². The van der Waals surface area contributed by atoms with E-state index in [0.717, 1.165) is 60.4 Å². The van der Waals surface area contributed by atoms with Gasteiger partial charge < -0.3 is 14.2 Å². The number of hydrogen-bond acceptors (Lipinski definition) is 9. The fraction of sp³-hybridized carbons (Fsp3) is 0.514. The van der Waals surface area contributed by atoms with Crippen LogP contribution in [0, 0.1) is 0 Å². The van der Waals surface area contributed by atoms with E-state index >= 15 is 0 Å². The van der Waals surface area contributed by atoms with E-state index in [9.17, 15) is 0 Å². The van der Waals surface area contributed by atoms with Gasteiger partial charge in [0.1, 0.15) is 11.4 Å². The smallest absolute Gasteiger partial charge is 0.413 e. The van der Waals surface area contributed by atoms with Gasteiger partial charge in [-0.3, -0.25) is 15.5 Å². The molecule has 0 fully saturated rings. The van der Waals surface area contributed by atoms with Crippen molar-refractivity contribution in [3.63, 3.8) is 0 Å². The van der Waals surface area contributed by atoms with Crippen LogP contribution in [-0.2, 0) is 43.7 Å². The monoisotopic (exact) mass is 654 g/mol. The molecule has 11 nitrogen and oxygen atoms in total. The van der Waals surface area contributed by atoms with Gasteiger partial charge in [0.2, 0.25) is 5.88 Å². The standard InChI is InChI=1S/C37H50N8O3/c1-11-15-25-31-33(44(9)42-25)37(46-29-19-17-23(35(5,6)13-3)21-27(29)38-40-31)47-30-20-18-24(36(7,8)14-4)22-28(30)39-41-32-26(16-12-2)43-45(10)34(32)48-37/h17-22,38,40H,11-16H2,1-10H3/b41-39+. The van der Waals surface area contributed by atoms with E-state index in [1.807, 2.05) is 26.2 Å². The maximum Gasteiger partial charge on any atom is 0.468 e. The minimum absolute atomic E-state index is 0.0417. The van der Waals surface area contributed by atoms with Crippen molar-refractivity contribution in [2.24, 2.45) is 24.3 Å². The summed E-state index contributed by atoms with van der Waals surface area (Å²) < 4.78 is 24.7. The van der Waals surface area contributed by atoms with E-state index < -0.39 is 5.97 Å². The van der Waals surface area contributed by atoms with Crippen molar-refractivity contribution in [3.8, 4) is 17.4 Å². The molecule has 2 aromatic carbocycles. The predicted molar refractivity (Wildman–Crippen MR) is 189 cm³/mol. The zero-order valence-corrected chi connectivity index (χ0v) is 30.1. The fourth-order valence-electron chi connectivity index (χ4n) is 6.15. The number of hydrogen-bond donors (Lipinski definition) is 2. The van der Waals surface area contributed by atoms with Crippen LogP contribution in [0.15, 0.2) is 46.6 Å². The quantitative estimate of drug-likeness (QED) is 0.195. The van der Waals surface area contributed by atoms with Crippen LogP contribution in [0.2, 0.25) is 0 Å². The Kier molecular flexibility index (Phi) is 8.68. The number of aromatic nitrogens is 4. The van der Waals surface area contributed by atoms with Gasteiger partial charge in [-0.2, -0.15) is 10.2 Å². The summed E-state index contributed by atoms with van der Waals surface area (Å²) in [7, 11) is 3.73. The Bertz CT molecular complexity index is 1850. The SMILES string of the molecule is CCCc1nn(C)c2c1/N=N/c1cc(C(C)(C)CC)ccc1OC1(Oc3ccc(C(C)(C)CC)cc3NNc3c(CCC)nn(C)c31)O2. The lowest BCUT2D eigenvalue weighted by atomic mass is 9.82. The summed E-state index contributed by atoms with van der Waals surface area (Å²) in [5.41, 5.74) is 13.9. The van der Waals surface area contributed by atoms with Crippen LogP contribution in [-0.4, -0.2) is 19.6 Å². The van der Waals surface area contributed by atoms with Crippen molar-refractivity contribution in [3.05, 3.63) is 64.6 Å². The van der Waals surface area contributed by atoms with Crippen LogP contribution in [0.5, 0.6) is 17.4 Å². The minimum atomic E-state index is -1.87. The van der Waals surface area contributed by atoms with Gasteiger partial charge in [0, 0.05) is 14.1 Å². The number of benzene rings is 2. The van der Waals surface area contributed by atoms with Crippen LogP contribution < -0.4 is 25.1 Å². The average Bonchev–Trinajstić information content (AvgIpc) is 3.54. The molecule has 0 radical (unpaired) electrons. The third-order valence-corrected chi connectivity index (χ3v) is 9.99. The topological polar surface area (TPSA) is 112 Å². The second-order valence-electron chi connectivity index (χ2n) is 14.2. The summed E-state index contributed by atoms with van der Waals surface area (Å²) in [4.78, 5) is 0. The minimum Gasteiger partial charge on any atom is -0.413 e. The average molecular weight is 655 g/mol. The third-order valence-electron chi connectivity index (χ3n) is 9.99. The summed E-state index contributed by atoms with van der Waals surface area (Å²) in [6.45, 7) is 17.6. The molecule has 1 unspecified atom stereocenters. The first-order chi connectivity index (χ1) is 22.9. The van der Waals surface area contributed by atoms with Crippen molar-refractivity contribution >= 4 is 22.7 Å². The van der Waals surface area contributed by atoms with Gasteiger partial charge in [0.25, 0.3) is 0 Å². The molecular formula is C37H50N8O3. The van der Waals surface area contributed by atoms with Gasteiger partial charge >= 0.3 is 5.97 Å². The Hall–Kier alpha value is -4.54. The van der Waals surface area contributed by atoms with Gasteiger partial charge in [0.15, 0.2) is 22.9 Å². The molecule has 0 aliphatic carbocycles. The number of azo groups is 1. The molecule has 0 bridgehead atoms. The van der Waals surface area contributed by atoms with E-state index in [4.69, 9.17) is 34.6 Å². The first-order valence-corrected chi connectivity index (χ1v) is 17.3. The lowest BCUT2D eigenvalue weighted by Gasteiger charge is -2.36. The van der Waals surface area contributed by atoms with Gasteiger partial charge in [-0.1, -0.05) is 80.4 Å². The Morgan fingerprint density at radius 1 is 0.708 bits per heavy atom. The second-order valence-corrected chi connectivity index (χ2v) is 14.2. The van der Waals surface area contributed by atoms with Gasteiger partial charge in [-0.25, -0.2) is 4.68 Å². The number of ether oxygens (including phenoxy) is 3. The maximum atomic E-state index is 7.08. The highest BCUT2D eigenvalue weighted by Crippen LogP contribution is 2.49. The molecule has 11 heteroatoms. The Morgan fingerprint density at radius 2 is 1.31 bits per heavy atom. The zero-order chi connectivity index (χ0) is 34.4. The molecule has 48 heavy (non-hydrogen) atoms. The van der Waals surface area contributed by atoms with E-state index in [1.54, 1.807) is 9.36 Å². The van der Waals surface area contributed by atoms with Crippen LogP contribution >= 0.6 is 0 Å². The molecule has 0 saturated carbocycles.